The topological polar surface area (TPSA) is 30.5 Å². The van der Waals surface area contributed by atoms with Crippen molar-refractivity contribution in [3.05, 3.63) is 71.8 Å². The molecule has 0 aliphatic carbocycles. The van der Waals surface area contributed by atoms with Crippen LogP contribution >= 0.6 is 0 Å². The maximum Gasteiger partial charge on any atom is 0.119 e. The summed E-state index contributed by atoms with van der Waals surface area (Å²) in [4.78, 5) is 0. The van der Waals surface area contributed by atoms with Crippen molar-refractivity contribution in [2.45, 2.75) is 26.4 Å². The first-order valence-corrected chi connectivity index (χ1v) is 8.77. The molecule has 0 unspecified atom stereocenters. The van der Waals surface area contributed by atoms with Crippen molar-refractivity contribution < 1.29 is 9.47 Å². The van der Waals surface area contributed by atoms with Gasteiger partial charge in [-0.1, -0.05) is 37.3 Å². The minimum atomic E-state index is 0.769. The standard InChI is InChI=1S/C22H25NO2/c1-3-12-25-21-9-5-17(6-10-21)15-23-16-18-4-7-20-14-22(24-2)11-8-19(20)13-18/h4-11,13-14,23H,3,12,15-16H2,1-2H3. The lowest BCUT2D eigenvalue weighted by Crippen LogP contribution is -2.12. The average molecular weight is 335 g/mol. The van der Waals surface area contributed by atoms with E-state index in [9.17, 15) is 0 Å². The average Bonchev–Trinajstić information content (AvgIpc) is 2.67. The van der Waals surface area contributed by atoms with Gasteiger partial charge in [-0.25, -0.2) is 0 Å². The largest absolute Gasteiger partial charge is 0.497 e. The van der Waals surface area contributed by atoms with E-state index in [0.29, 0.717) is 0 Å². The van der Waals surface area contributed by atoms with Crippen LogP contribution in [0.3, 0.4) is 0 Å². The number of hydrogen-bond donors (Lipinski definition) is 1. The van der Waals surface area contributed by atoms with Crippen LogP contribution in [-0.2, 0) is 13.1 Å². The summed E-state index contributed by atoms with van der Waals surface area (Å²) in [7, 11) is 1.70. The summed E-state index contributed by atoms with van der Waals surface area (Å²) in [6, 6.07) is 21.0. The summed E-state index contributed by atoms with van der Waals surface area (Å²) in [5.74, 6) is 1.83. The fraction of sp³-hybridized carbons (Fsp3) is 0.273. The molecule has 0 heterocycles. The summed E-state index contributed by atoms with van der Waals surface area (Å²) in [5, 5.41) is 5.94. The molecule has 0 saturated heterocycles. The zero-order valence-electron chi connectivity index (χ0n) is 14.9. The Morgan fingerprint density at radius 1 is 0.760 bits per heavy atom. The van der Waals surface area contributed by atoms with Crippen molar-refractivity contribution in [2.24, 2.45) is 0 Å². The van der Waals surface area contributed by atoms with Gasteiger partial charge in [0.15, 0.2) is 0 Å². The van der Waals surface area contributed by atoms with Crippen molar-refractivity contribution in [2.75, 3.05) is 13.7 Å². The molecule has 0 aliphatic rings. The lowest BCUT2D eigenvalue weighted by molar-refractivity contribution is 0.317. The molecule has 3 heteroatoms. The highest BCUT2D eigenvalue weighted by Crippen LogP contribution is 2.22. The maximum atomic E-state index is 5.61. The molecule has 0 spiro atoms. The molecule has 0 radical (unpaired) electrons. The van der Waals surface area contributed by atoms with Gasteiger partial charge in [-0.3, -0.25) is 0 Å². The normalized spacial score (nSPS) is 10.8. The van der Waals surface area contributed by atoms with E-state index in [1.807, 2.05) is 18.2 Å². The third kappa shape index (κ3) is 4.74. The first kappa shape index (κ1) is 17.3. The molecule has 1 N–H and O–H groups in total. The van der Waals surface area contributed by atoms with Gasteiger partial charge < -0.3 is 14.8 Å². The number of ether oxygens (including phenoxy) is 2. The van der Waals surface area contributed by atoms with Crippen LogP contribution in [0.1, 0.15) is 24.5 Å². The molecule has 25 heavy (non-hydrogen) atoms. The Labute approximate surface area is 149 Å². The maximum absolute atomic E-state index is 5.61. The molecule has 0 saturated carbocycles. The molecule has 3 aromatic carbocycles. The highest BCUT2D eigenvalue weighted by atomic mass is 16.5. The van der Waals surface area contributed by atoms with E-state index in [0.717, 1.165) is 37.6 Å². The van der Waals surface area contributed by atoms with Crippen molar-refractivity contribution >= 4 is 10.8 Å². The summed E-state index contributed by atoms with van der Waals surface area (Å²) < 4.78 is 10.9. The molecule has 3 rings (SSSR count). The second-order valence-corrected chi connectivity index (χ2v) is 6.14. The van der Waals surface area contributed by atoms with Gasteiger partial charge in [-0.05, 0) is 58.7 Å². The summed E-state index contributed by atoms with van der Waals surface area (Å²) in [5.41, 5.74) is 2.54. The summed E-state index contributed by atoms with van der Waals surface area (Å²) in [6.45, 7) is 4.57. The lowest BCUT2D eigenvalue weighted by atomic mass is 10.1. The van der Waals surface area contributed by atoms with Gasteiger partial charge in [0.1, 0.15) is 11.5 Å². The number of benzene rings is 3. The Kier molecular flexibility index (Phi) is 5.91. The Balaban J connectivity index is 1.55. The van der Waals surface area contributed by atoms with E-state index in [4.69, 9.17) is 9.47 Å². The predicted octanol–water partition coefficient (Wildman–Crippen LogP) is 4.93. The fourth-order valence-corrected chi connectivity index (χ4v) is 2.78. The minimum absolute atomic E-state index is 0.769. The number of rotatable bonds is 8. The van der Waals surface area contributed by atoms with E-state index in [1.165, 1.54) is 21.9 Å². The van der Waals surface area contributed by atoms with Crippen LogP contribution in [0.15, 0.2) is 60.7 Å². The highest BCUT2D eigenvalue weighted by Gasteiger charge is 2.00. The lowest BCUT2D eigenvalue weighted by Gasteiger charge is -2.09. The molecule has 0 fully saturated rings. The van der Waals surface area contributed by atoms with Crippen LogP contribution in [0.2, 0.25) is 0 Å². The first-order chi connectivity index (χ1) is 12.3. The Morgan fingerprint density at radius 2 is 1.40 bits per heavy atom. The van der Waals surface area contributed by atoms with E-state index in [-0.39, 0.29) is 0 Å². The van der Waals surface area contributed by atoms with Gasteiger partial charge in [-0.2, -0.15) is 0 Å². The molecule has 0 atom stereocenters. The molecular weight excluding hydrogens is 310 g/mol. The summed E-state index contributed by atoms with van der Waals surface area (Å²) >= 11 is 0. The second kappa shape index (κ2) is 8.54. The number of hydrogen-bond acceptors (Lipinski definition) is 3. The third-order valence-corrected chi connectivity index (χ3v) is 4.17. The van der Waals surface area contributed by atoms with Gasteiger partial charge in [-0.15, -0.1) is 0 Å². The van der Waals surface area contributed by atoms with Crippen molar-refractivity contribution in [3.8, 4) is 11.5 Å². The van der Waals surface area contributed by atoms with Gasteiger partial charge in [0.05, 0.1) is 13.7 Å². The van der Waals surface area contributed by atoms with Crippen LogP contribution in [0.25, 0.3) is 10.8 Å². The van der Waals surface area contributed by atoms with Crippen molar-refractivity contribution in [1.29, 1.82) is 0 Å². The van der Waals surface area contributed by atoms with Crippen LogP contribution in [0, 0.1) is 0 Å². The van der Waals surface area contributed by atoms with Gasteiger partial charge in [0.2, 0.25) is 0 Å². The molecule has 3 aromatic rings. The molecule has 0 amide bonds. The highest BCUT2D eigenvalue weighted by molar-refractivity contribution is 5.84. The first-order valence-electron chi connectivity index (χ1n) is 8.77. The summed E-state index contributed by atoms with van der Waals surface area (Å²) in [6.07, 6.45) is 1.03. The molecule has 3 nitrogen and oxygen atoms in total. The van der Waals surface area contributed by atoms with Gasteiger partial charge in [0, 0.05) is 13.1 Å². The van der Waals surface area contributed by atoms with Gasteiger partial charge in [0.25, 0.3) is 0 Å². The van der Waals surface area contributed by atoms with Crippen LogP contribution in [0.5, 0.6) is 11.5 Å². The van der Waals surface area contributed by atoms with Crippen molar-refractivity contribution in [3.63, 3.8) is 0 Å². The predicted molar refractivity (Wildman–Crippen MR) is 103 cm³/mol. The number of methoxy groups -OCH3 is 1. The van der Waals surface area contributed by atoms with E-state index >= 15 is 0 Å². The molecular formula is C22H25NO2. The second-order valence-electron chi connectivity index (χ2n) is 6.14. The monoisotopic (exact) mass is 335 g/mol. The van der Waals surface area contributed by atoms with Gasteiger partial charge >= 0.3 is 0 Å². The number of nitrogens with one attached hydrogen (secondary N) is 1. The Hall–Kier alpha value is -2.52. The zero-order chi connectivity index (χ0) is 17.5. The Morgan fingerprint density at radius 3 is 2.16 bits per heavy atom. The van der Waals surface area contributed by atoms with E-state index in [2.05, 4.69) is 54.7 Å². The smallest absolute Gasteiger partial charge is 0.119 e. The van der Waals surface area contributed by atoms with Crippen LogP contribution in [0.4, 0.5) is 0 Å². The fourth-order valence-electron chi connectivity index (χ4n) is 2.78. The Bertz CT molecular complexity index is 812. The minimum Gasteiger partial charge on any atom is -0.497 e. The van der Waals surface area contributed by atoms with E-state index < -0.39 is 0 Å². The molecule has 0 aliphatic heterocycles. The SMILES string of the molecule is CCCOc1ccc(CNCc2ccc3cc(OC)ccc3c2)cc1. The quantitative estimate of drug-likeness (QED) is 0.633. The third-order valence-electron chi connectivity index (χ3n) is 4.17. The molecule has 0 aromatic heterocycles. The van der Waals surface area contributed by atoms with Crippen molar-refractivity contribution in [1.82, 2.24) is 5.32 Å². The van der Waals surface area contributed by atoms with Crippen LogP contribution in [-0.4, -0.2) is 13.7 Å². The number of fused-ring (bicyclic) bond motifs is 1. The molecule has 0 bridgehead atoms. The van der Waals surface area contributed by atoms with Crippen LogP contribution < -0.4 is 14.8 Å². The van der Waals surface area contributed by atoms with E-state index in [1.54, 1.807) is 7.11 Å². The molecule has 130 valence electrons. The zero-order valence-corrected chi connectivity index (χ0v) is 14.9.